The zero-order valence-electron chi connectivity index (χ0n) is 11.3. The van der Waals surface area contributed by atoms with Gasteiger partial charge in [0.25, 0.3) is 0 Å². The third-order valence-electron chi connectivity index (χ3n) is 3.77. The van der Waals surface area contributed by atoms with Crippen LogP contribution in [0, 0.1) is 0 Å². The summed E-state index contributed by atoms with van der Waals surface area (Å²) >= 11 is 0. The summed E-state index contributed by atoms with van der Waals surface area (Å²) in [5.41, 5.74) is 2.69. The van der Waals surface area contributed by atoms with E-state index in [2.05, 4.69) is 46.6 Å². The molecular formula is C15H20N4. The molecule has 2 heterocycles. The van der Waals surface area contributed by atoms with Crippen molar-refractivity contribution >= 4 is 5.69 Å². The van der Waals surface area contributed by atoms with Crippen LogP contribution in [-0.4, -0.2) is 21.3 Å². The van der Waals surface area contributed by atoms with Gasteiger partial charge in [-0.3, -0.25) is 4.68 Å². The van der Waals surface area contributed by atoms with E-state index in [0.29, 0.717) is 5.92 Å². The van der Waals surface area contributed by atoms with Gasteiger partial charge in [-0.05, 0) is 30.4 Å². The van der Waals surface area contributed by atoms with Gasteiger partial charge >= 0.3 is 0 Å². The maximum absolute atomic E-state index is 4.43. The van der Waals surface area contributed by atoms with Crippen LogP contribution in [0.4, 0.5) is 5.69 Å². The van der Waals surface area contributed by atoms with Crippen LogP contribution in [0.15, 0.2) is 30.6 Å². The maximum Gasteiger partial charge on any atom is 0.138 e. The Bertz CT molecular complexity index is 547. The van der Waals surface area contributed by atoms with Crippen molar-refractivity contribution in [1.29, 1.82) is 0 Å². The van der Waals surface area contributed by atoms with Crippen molar-refractivity contribution in [1.82, 2.24) is 14.8 Å². The summed E-state index contributed by atoms with van der Waals surface area (Å²) in [6, 6.07) is 8.61. The predicted octanol–water partition coefficient (Wildman–Crippen LogP) is 2.83. The molecule has 0 saturated heterocycles. The highest BCUT2D eigenvalue weighted by molar-refractivity contribution is 5.54. The summed E-state index contributed by atoms with van der Waals surface area (Å²) in [4.78, 5) is 4.43. The average molecular weight is 256 g/mol. The molecule has 0 bridgehead atoms. The van der Waals surface area contributed by atoms with Crippen LogP contribution in [-0.2, 0) is 13.0 Å². The molecule has 1 aromatic carbocycles. The highest BCUT2D eigenvalue weighted by Crippen LogP contribution is 2.33. The second kappa shape index (κ2) is 5.43. The van der Waals surface area contributed by atoms with Gasteiger partial charge in [-0.15, -0.1) is 0 Å². The normalized spacial score (nSPS) is 17.8. The first kappa shape index (κ1) is 12.2. The number of fused-ring (bicyclic) bond motifs is 1. The molecule has 19 heavy (non-hydrogen) atoms. The van der Waals surface area contributed by atoms with E-state index in [-0.39, 0.29) is 0 Å². The molecule has 1 atom stereocenters. The minimum absolute atomic E-state index is 0.553. The van der Waals surface area contributed by atoms with E-state index in [1.807, 2.05) is 4.68 Å². The van der Waals surface area contributed by atoms with Crippen LogP contribution >= 0.6 is 0 Å². The Morgan fingerprint density at radius 2 is 2.26 bits per heavy atom. The Morgan fingerprint density at radius 1 is 1.37 bits per heavy atom. The molecule has 1 aliphatic heterocycles. The average Bonchev–Trinajstić information content (AvgIpc) is 2.87. The summed E-state index contributed by atoms with van der Waals surface area (Å²) in [7, 11) is 0. The Labute approximate surface area is 113 Å². The second-order valence-corrected chi connectivity index (χ2v) is 5.10. The van der Waals surface area contributed by atoms with Crippen molar-refractivity contribution in [3.8, 4) is 0 Å². The first-order valence-electron chi connectivity index (χ1n) is 7.08. The fourth-order valence-corrected chi connectivity index (χ4v) is 2.83. The van der Waals surface area contributed by atoms with Crippen LogP contribution in [0.2, 0.25) is 0 Å². The van der Waals surface area contributed by atoms with E-state index < -0.39 is 0 Å². The lowest BCUT2D eigenvalue weighted by Gasteiger charge is -2.26. The van der Waals surface area contributed by atoms with E-state index >= 15 is 0 Å². The van der Waals surface area contributed by atoms with Crippen LogP contribution in [0.5, 0.6) is 0 Å². The van der Waals surface area contributed by atoms with Crippen LogP contribution in [0.1, 0.15) is 37.1 Å². The lowest BCUT2D eigenvalue weighted by molar-refractivity contribution is 0.530. The van der Waals surface area contributed by atoms with Crippen molar-refractivity contribution in [2.75, 3.05) is 11.9 Å². The fourth-order valence-electron chi connectivity index (χ4n) is 2.83. The molecule has 4 heteroatoms. The van der Waals surface area contributed by atoms with Crippen molar-refractivity contribution in [3.63, 3.8) is 0 Å². The highest BCUT2D eigenvalue weighted by atomic mass is 15.3. The molecule has 0 spiro atoms. The monoisotopic (exact) mass is 256 g/mol. The van der Waals surface area contributed by atoms with Gasteiger partial charge in [-0.25, -0.2) is 4.98 Å². The zero-order chi connectivity index (χ0) is 13.1. The van der Waals surface area contributed by atoms with Gasteiger partial charge in [0.1, 0.15) is 12.2 Å². The molecule has 2 aromatic rings. The smallest absolute Gasteiger partial charge is 0.138 e. The summed E-state index contributed by atoms with van der Waals surface area (Å²) in [5, 5.41) is 7.79. The van der Waals surface area contributed by atoms with Crippen LogP contribution < -0.4 is 5.32 Å². The van der Waals surface area contributed by atoms with Crippen molar-refractivity contribution in [2.45, 2.75) is 38.6 Å². The SMILES string of the molecule is CCCn1ncnc1CC1CCNc2ccccc21. The van der Waals surface area contributed by atoms with Gasteiger partial charge in [0.2, 0.25) is 0 Å². The predicted molar refractivity (Wildman–Crippen MR) is 76.3 cm³/mol. The number of hydrogen-bond acceptors (Lipinski definition) is 3. The number of benzene rings is 1. The molecule has 1 aromatic heterocycles. The van der Waals surface area contributed by atoms with Gasteiger partial charge < -0.3 is 5.32 Å². The number of nitrogens with zero attached hydrogens (tertiary/aromatic N) is 3. The molecule has 4 nitrogen and oxygen atoms in total. The summed E-state index contributed by atoms with van der Waals surface area (Å²) in [5.74, 6) is 1.67. The molecule has 0 aliphatic carbocycles. The Balaban J connectivity index is 1.82. The highest BCUT2D eigenvalue weighted by Gasteiger charge is 2.21. The summed E-state index contributed by atoms with van der Waals surface area (Å²) in [6.07, 6.45) is 4.92. The Hall–Kier alpha value is -1.84. The molecule has 3 rings (SSSR count). The summed E-state index contributed by atoms with van der Waals surface area (Å²) < 4.78 is 2.05. The van der Waals surface area contributed by atoms with Crippen molar-refractivity contribution < 1.29 is 0 Å². The summed E-state index contributed by atoms with van der Waals surface area (Å²) in [6.45, 7) is 4.18. The quantitative estimate of drug-likeness (QED) is 0.914. The molecule has 1 unspecified atom stereocenters. The molecule has 0 amide bonds. The van der Waals surface area contributed by atoms with Gasteiger partial charge in [-0.2, -0.15) is 5.10 Å². The standard InChI is InChI=1S/C15H20N4/c1-2-9-19-15(17-11-18-19)10-12-7-8-16-14-6-4-3-5-13(12)14/h3-6,11-12,16H,2,7-10H2,1H3. The van der Waals surface area contributed by atoms with Crippen molar-refractivity contribution in [3.05, 3.63) is 42.0 Å². The Kier molecular flexibility index (Phi) is 3.49. The zero-order valence-corrected chi connectivity index (χ0v) is 11.3. The minimum atomic E-state index is 0.553. The maximum atomic E-state index is 4.43. The van der Waals surface area contributed by atoms with E-state index in [4.69, 9.17) is 0 Å². The second-order valence-electron chi connectivity index (χ2n) is 5.10. The number of nitrogens with one attached hydrogen (secondary N) is 1. The lowest BCUT2D eigenvalue weighted by atomic mass is 9.88. The third kappa shape index (κ3) is 2.48. The van der Waals surface area contributed by atoms with E-state index in [1.165, 1.54) is 11.3 Å². The molecule has 0 fully saturated rings. The minimum Gasteiger partial charge on any atom is -0.385 e. The molecule has 0 saturated carbocycles. The van der Waals surface area contributed by atoms with Gasteiger partial charge in [0.05, 0.1) is 0 Å². The first-order valence-corrected chi connectivity index (χ1v) is 7.08. The number of para-hydroxylation sites is 1. The molecule has 0 radical (unpaired) electrons. The van der Waals surface area contributed by atoms with Crippen LogP contribution in [0.3, 0.4) is 0 Å². The van der Waals surface area contributed by atoms with E-state index in [1.54, 1.807) is 6.33 Å². The molecule has 1 N–H and O–H groups in total. The van der Waals surface area contributed by atoms with Gasteiger partial charge in [0.15, 0.2) is 0 Å². The fraction of sp³-hybridized carbons (Fsp3) is 0.467. The number of anilines is 1. The van der Waals surface area contributed by atoms with E-state index in [0.717, 1.165) is 38.2 Å². The largest absolute Gasteiger partial charge is 0.385 e. The number of rotatable bonds is 4. The van der Waals surface area contributed by atoms with E-state index in [9.17, 15) is 0 Å². The van der Waals surface area contributed by atoms with Gasteiger partial charge in [-0.1, -0.05) is 25.1 Å². The lowest BCUT2D eigenvalue weighted by Crippen LogP contribution is -2.20. The Morgan fingerprint density at radius 3 is 3.16 bits per heavy atom. The van der Waals surface area contributed by atoms with Gasteiger partial charge in [0, 0.05) is 25.2 Å². The van der Waals surface area contributed by atoms with Crippen LogP contribution in [0.25, 0.3) is 0 Å². The third-order valence-corrected chi connectivity index (χ3v) is 3.77. The molecule has 100 valence electrons. The number of aromatic nitrogens is 3. The topological polar surface area (TPSA) is 42.7 Å². The molecular weight excluding hydrogens is 236 g/mol. The number of hydrogen-bond donors (Lipinski definition) is 1. The first-order chi connectivity index (χ1) is 9.38. The molecule has 1 aliphatic rings. The number of aryl methyl sites for hydroxylation is 1. The van der Waals surface area contributed by atoms with Crippen molar-refractivity contribution in [2.24, 2.45) is 0 Å².